The molecular formula is C23H26O3. The molecule has 0 amide bonds. The van der Waals surface area contributed by atoms with E-state index in [9.17, 15) is 9.59 Å². The normalized spacial score (nSPS) is 24.2. The molecule has 2 atom stereocenters. The van der Waals surface area contributed by atoms with Crippen LogP contribution in [0.15, 0.2) is 60.7 Å². The first-order valence-corrected chi connectivity index (χ1v) is 9.23. The van der Waals surface area contributed by atoms with Gasteiger partial charge in [-0.05, 0) is 30.7 Å². The van der Waals surface area contributed by atoms with Crippen LogP contribution in [0.5, 0.6) is 0 Å². The fourth-order valence-electron chi connectivity index (χ4n) is 4.43. The molecule has 1 fully saturated rings. The molecule has 1 saturated carbocycles. The molecule has 0 aliphatic heterocycles. The zero-order valence-electron chi connectivity index (χ0n) is 15.7. The molecule has 26 heavy (non-hydrogen) atoms. The number of Topliss-reactive ketones (excluding diaryl/α,β-unsaturated/α-hetero) is 1. The summed E-state index contributed by atoms with van der Waals surface area (Å²) in [5.74, 6) is -0.694. The molecule has 0 bridgehead atoms. The van der Waals surface area contributed by atoms with Crippen LogP contribution in [0, 0.1) is 11.3 Å². The summed E-state index contributed by atoms with van der Waals surface area (Å²) < 4.78 is 5.50. The maximum absolute atomic E-state index is 13.4. The third-order valence-corrected chi connectivity index (χ3v) is 5.41. The lowest BCUT2D eigenvalue weighted by atomic mass is 9.69. The van der Waals surface area contributed by atoms with Gasteiger partial charge in [-0.25, -0.2) is 0 Å². The third kappa shape index (κ3) is 3.18. The Labute approximate surface area is 155 Å². The molecule has 3 rings (SSSR count). The van der Waals surface area contributed by atoms with Gasteiger partial charge in [0.1, 0.15) is 5.41 Å². The Balaban J connectivity index is 2.15. The fraction of sp³-hybridized carbons (Fsp3) is 0.391. The average Bonchev–Trinajstić information content (AvgIpc) is 2.95. The van der Waals surface area contributed by atoms with Crippen LogP contribution in [0.2, 0.25) is 0 Å². The van der Waals surface area contributed by atoms with E-state index in [0.717, 1.165) is 5.56 Å². The highest BCUT2D eigenvalue weighted by atomic mass is 16.5. The first-order valence-electron chi connectivity index (χ1n) is 9.23. The van der Waals surface area contributed by atoms with Crippen LogP contribution in [0.1, 0.15) is 49.5 Å². The van der Waals surface area contributed by atoms with Crippen LogP contribution in [0.3, 0.4) is 0 Å². The summed E-state index contributed by atoms with van der Waals surface area (Å²) in [6.07, 6.45) is 1.26. The highest BCUT2D eigenvalue weighted by molar-refractivity contribution is 6.03. The van der Waals surface area contributed by atoms with E-state index in [1.165, 1.54) is 0 Å². The zero-order valence-corrected chi connectivity index (χ0v) is 15.7. The lowest BCUT2D eigenvalue weighted by Crippen LogP contribution is -2.44. The molecule has 0 spiro atoms. The minimum Gasteiger partial charge on any atom is -0.465 e. The molecular weight excluding hydrogens is 324 g/mol. The van der Waals surface area contributed by atoms with Gasteiger partial charge in [-0.3, -0.25) is 9.59 Å². The number of hydrogen-bond acceptors (Lipinski definition) is 3. The summed E-state index contributed by atoms with van der Waals surface area (Å²) in [4.78, 5) is 26.7. The summed E-state index contributed by atoms with van der Waals surface area (Å²) in [5, 5.41) is 0. The summed E-state index contributed by atoms with van der Waals surface area (Å²) in [6, 6.07) is 18.9. The van der Waals surface area contributed by atoms with Crippen molar-refractivity contribution in [1.29, 1.82) is 0 Å². The first-order chi connectivity index (χ1) is 12.4. The van der Waals surface area contributed by atoms with E-state index in [0.29, 0.717) is 25.0 Å². The van der Waals surface area contributed by atoms with Gasteiger partial charge in [-0.2, -0.15) is 0 Å². The Morgan fingerprint density at radius 2 is 1.58 bits per heavy atom. The summed E-state index contributed by atoms with van der Waals surface area (Å²) in [7, 11) is 0. The van der Waals surface area contributed by atoms with E-state index >= 15 is 0 Å². The van der Waals surface area contributed by atoms with Crippen LogP contribution in [0.4, 0.5) is 0 Å². The van der Waals surface area contributed by atoms with Gasteiger partial charge in [0, 0.05) is 11.5 Å². The van der Waals surface area contributed by atoms with Crippen molar-refractivity contribution in [2.45, 2.75) is 39.0 Å². The number of hydrogen-bond donors (Lipinski definition) is 0. The summed E-state index contributed by atoms with van der Waals surface area (Å²) in [6.45, 7) is 6.37. The molecule has 0 aromatic heterocycles. The number of carbonyl (C=O) groups is 2. The SMILES string of the molecule is CCOC(=O)[C@]1(c2ccccc2)CC(C)(C)C[C@@H]1C(=O)c1ccccc1. The van der Waals surface area contributed by atoms with E-state index in [2.05, 4.69) is 13.8 Å². The van der Waals surface area contributed by atoms with Crippen molar-refractivity contribution in [2.24, 2.45) is 11.3 Å². The molecule has 3 nitrogen and oxygen atoms in total. The molecule has 0 radical (unpaired) electrons. The third-order valence-electron chi connectivity index (χ3n) is 5.41. The van der Waals surface area contributed by atoms with Crippen molar-refractivity contribution in [3.05, 3.63) is 71.8 Å². The predicted molar refractivity (Wildman–Crippen MR) is 102 cm³/mol. The van der Waals surface area contributed by atoms with E-state index < -0.39 is 11.3 Å². The zero-order chi connectivity index (χ0) is 18.8. The Bertz CT molecular complexity index is 780. The van der Waals surface area contributed by atoms with Crippen LogP contribution in [-0.4, -0.2) is 18.4 Å². The summed E-state index contributed by atoms with van der Waals surface area (Å²) >= 11 is 0. The Morgan fingerprint density at radius 3 is 2.15 bits per heavy atom. The standard InChI is InChI=1S/C23H26O3/c1-4-26-21(25)23(18-13-9-6-10-14-18)16-22(2,3)15-19(23)20(24)17-11-7-5-8-12-17/h5-14,19H,4,15-16H2,1-3H3/t19-,23+/m1/s1. The molecule has 2 aromatic rings. The largest absolute Gasteiger partial charge is 0.465 e. The first kappa shape index (κ1) is 18.4. The van der Waals surface area contributed by atoms with Crippen LogP contribution in [0.25, 0.3) is 0 Å². The van der Waals surface area contributed by atoms with Gasteiger partial charge in [-0.1, -0.05) is 74.5 Å². The van der Waals surface area contributed by atoms with Gasteiger partial charge < -0.3 is 4.74 Å². The number of ether oxygens (including phenoxy) is 1. The van der Waals surface area contributed by atoms with Crippen LogP contribution < -0.4 is 0 Å². The minimum absolute atomic E-state index is 0.0214. The molecule has 0 heterocycles. The van der Waals surface area contributed by atoms with Crippen molar-refractivity contribution < 1.29 is 14.3 Å². The summed E-state index contributed by atoms with van der Waals surface area (Å²) in [5.41, 5.74) is 0.462. The predicted octanol–water partition coefficient (Wildman–Crippen LogP) is 4.81. The van der Waals surface area contributed by atoms with Crippen molar-refractivity contribution >= 4 is 11.8 Å². The number of benzene rings is 2. The Kier molecular flexibility index (Phi) is 4.99. The van der Waals surface area contributed by atoms with E-state index in [4.69, 9.17) is 4.74 Å². The van der Waals surface area contributed by atoms with Gasteiger partial charge in [0.05, 0.1) is 6.61 Å². The number of rotatable bonds is 5. The topological polar surface area (TPSA) is 43.4 Å². The van der Waals surface area contributed by atoms with Gasteiger partial charge in [-0.15, -0.1) is 0 Å². The average molecular weight is 350 g/mol. The van der Waals surface area contributed by atoms with Crippen molar-refractivity contribution in [1.82, 2.24) is 0 Å². The number of carbonyl (C=O) groups excluding carboxylic acids is 2. The number of ketones is 1. The Morgan fingerprint density at radius 1 is 1.00 bits per heavy atom. The highest BCUT2D eigenvalue weighted by Gasteiger charge is 2.59. The molecule has 0 saturated heterocycles. The second-order valence-electron chi connectivity index (χ2n) is 7.89. The van der Waals surface area contributed by atoms with Crippen molar-refractivity contribution in [3.8, 4) is 0 Å². The lowest BCUT2D eigenvalue weighted by molar-refractivity contribution is -0.151. The molecule has 1 aliphatic carbocycles. The molecule has 3 heteroatoms. The second-order valence-corrected chi connectivity index (χ2v) is 7.89. The van der Waals surface area contributed by atoms with Crippen molar-refractivity contribution in [2.75, 3.05) is 6.61 Å². The van der Waals surface area contributed by atoms with Crippen LogP contribution >= 0.6 is 0 Å². The van der Waals surface area contributed by atoms with E-state index in [1.807, 2.05) is 67.6 Å². The quantitative estimate of drug-likeness (QED) is 0.574. The monoisotopic (exact) mass is 350 g/mol. The van der Waals surface area contributed by atoms with Gasteiger partial charge in [0.2, 0.25) is 0 Å². The second kappa shape index (κ2) is 7.06. The van der Waals surface area contributed by atoms with E-state index in [1.54, 1.807) is 0 Å². The van der Waals surface area contributed by atoms with Gasteiger partial charge in [0.25, 0.3) is 0 Å². The maximum Gasteiger partial charge on any atom is 0.317 e. The molecule has 1 aliphatic rings. The molecule has 136 valence electrons. The van der Waals surface area contributed by atoms with Crippen LogP contribution in [-0.2, 0) is 14.9 Å². The minimum atomic E-state index is -0.937. The Hall–Kier alpha value is -2.42. The maximum atomic E-state index is 13.4. The molecule has 0 N–H and O–H groups in total. The van der Waals surface area contributed by atoms with E-state index in [-0.39, 0.29) is 17.2 Å². The number of esters is 1. The molecule has 0 unspecified atom stereocenters. The van der Waals surface area contributed by atoms with Crippen molar-refractivity contribution in [3.63, 3.8) is 0 Å². The smallest absolute Gasteiger partial charge is 0.317 e. The fourth-order valence-corrected chi connectivity index (χ4v) is 4.43. The van der Waals surface area contributed by atoms with Gasteiger partial charge in [0.15, 0.2) is 5.78 Å². The molecule has 2 aromatic carbocycles. The van der Waals surface area contributed by atoms with Gasteiger partial charge >= 0.3 is 5.97 Å². The lowest BCUT2D eigenvalue weighted by Gasteiger charge is -2.33. The highest BCUT2D eigenvalue weighted by Crippen LogP contribution is 2.55.